The van der Waals surface area contributed by atoms with Gasteiger partial charge in [-0.15, -0.1) is 0 Å². The Morgan fingerprint density at radius 1 is 1.07 bits per heavy atom. The maximum Gasteiger partial charge on any atom is 0.0919 e. The third kappa shape index (κ3) is 3.74. The first-order valence-corrected chi connectivity index (χ1v) is 12.7. The topological polar surface area (TPSA) is 20.2 Å². The van der Waals surface area contributed by atoms with Gasteiger partial charge < -0.3 is 5.11 Å². The van der Waals surface area contributed by atoms with E-state index in [1.54, 1.807) is 5.57 Å². The molecule has 2 heteroatoms. The zero-order valence-corrected chi connectivity index (χ0v) is 19.4. The van der Waals surface area contributed by atoms with Crippen LogP contribution >= 0.6 is 0 Å². The molecule has 0 unspecified atom stereocenters. The zero-order chi connectivity index (χ0) is 20.8. The summed E-state index contributed by atoms with van der Waals surface area (Å²) in [7, 11) is 0. The van der Waals surface area contributed by atoms with E-state index >= 15 is 0 Å². The Kier molecular flexibility index (Phi) is 6.24. The number of fused-ring (bicyclic) bond motifs is 5. The number of hydrogen-bond donors (Lipinski definition) is 1. The van der Waals surface area contributed by atoms with Gasteiger partial charge in [-0.05, 0) is 104 Å². The Balaban J connectivity index is 1.46. The van der Waals surface area contributed by atoms with E-state index in [2.05, 4.69) is 33.8 Å². The van der Waals surface area contributed by atoms with Crippen LogP contribution in [0.25, 0.3) is 0 Å². The summed E-state index contributed by atoms with van der Waals surface area (Å²) in [5.41, 5.74) is 2.46. The zero-order valence-electron chi connectivity index (χ0n) is 19.4. The van der Waals surface area contributed by atoms with Gasteiger partial charge in [0.15, 0.2) is 0 Å². The fourth-order valence-corrected chi connectivity index (χ4v) is 8.68. The third-order valence-electron chi connectivity index (χ3n) is 10.5. The molecule has 0 aromatic rings. The van der Waals surface area contributed by atoms with Crippen LogP contribution in [0.5, 0.6) is 0 Å². The van der Waals surface area contributed by atoms with E-state index in [-0.39, 0.29) is 18.7 Å². The molecule has 0 aliphatic heterocycles. The number of alkyl halides is 1. The summed E-state index contributed by atoms with van der Waals surface area (Å²) in [5.74, 6) is 4.47. The van der Waals surface area contributed by atoms with Crippen LogP contribution in [-0.2, 0) is 0 Å². The van der Waals surface area contributed by atoms with E-state index in [1.165, 1.54) is 51.4 Å². The normalized spacial score (nSPS) is 46.3. The Morgan fingerprint density at radius 2 is 1.86 bits per heavy atom. The van der Waals surface area contributed by atoms with E-state index in [0.29, 0.717) is 10.8 Å². The van der Waals surface area contributed by atoms with Gasteiger partial charge in [0.2, 0.25) is 0 Å². The molecule has 0 heterocycles. The van der Waals surface area contributed by atoms with Crippen LogP contribution in [0.2, 0.25) is 0 Å². The number of aliphatic hydroxyl groups is 1. The number of aliphatic hydroxyl groups excluding tert-OH is 1. The average Bonchev–Trinajstić information content (AvgIpc) is 3.05. The highest BCUT2D eigenvalue weighted by Gasteiger charge is 2.59. The van der Waals surface area contributed by atoms with Gasteiger partial charge in [-0.2, -0.15) is 0 Å². The molecule has 9 atom stereocenters. The Bertz CT molecular complexity index is 614. The molecule has 0 spiro atoms. The molecule has 0 saturated heterocycles. The molecule has 0 aromatic carbocycles. The molecular weight excluding hydrogens is 359 g/mol. The lowest BCUT2D eigenvalue weighted by Crippen LogP contribution is -2.50. The summed E-state index contributed by atoms with van der Waals surface area (Å²) in [6.07, 6.45) is 16.0. The van der Waals surface area contributed by atoms with Gasteiger partial charge in [0.1, 0.15) is 0 Å². The van der Waals surface area contributed by atoms with Crippen LogP contribution in [0, 0.1) is 46.3 Å². The van der Waals surface area contributed by atoms with Crippen molar-refractivity contribution >= 4 is 0 Å². The molecule has 4 aliphatic carbocycles. The van der Waals surface area contributed by atoms with Gasteiger partial charge in [-0.25, -0.2) is 0 Å². The minimum atomic E-state index is -0.161. The maximum atomic E-state index is 12.8. The molecule has 0 amide bonds. The van der Waals surface area contributed by atoms with E-state index < -0.39 is 0 Å². The molecule has 1 nitrogen and oxygen atoms in total. The maximum absolute atomic E-state index is 12.8. The highest BCUT2D eigenvalue weighted by molar-refractivity contribution is 5.25. The first kappa shape index (κ1) is 21.8. The van der Waals surface area contributed by atoms with Crippen molar-refractivity contribution in [1.29, 1.82) is 0 Å². The summed E-state index contributed by atoms with van der Waals surface area (Å²) >= 11 is 0. The summed E-state index contributed by atoms with van der Waals surface area (Å²) < 4.78 is 12.8. The summed E-state index contributed by atoms with van der Waals surface area (Å²) in [4.78, 5) is 0. The van der Waals surface area contributed by atoms with Crippen LogP contribution < -0.4 is 0 Å². The van der Waals surface area contributed by atoms with Crippen molar-refractivity contribution in [2.75, 3.05) is 6.67 Å². The quantitative estimate of drug-likeness (QED) is 0.459. The van der Waals surface area contributed by atoms with Crippen molar-refractivity contribution < 1.29 is 9.50 Å². The molecule has 29 heavy (non-hydrogen) atoms. The molecule has 0 aromatic heterocycles. The van der Waals surface area contributed by atoms with Crippen LogP contribution in [0.1, 0.15) is 98.3 Å². The average molecular weight is 405 g/mol. The highest BCUT2D eigenvalue weighted by atomic mass is 19.1. The van der Waals surface area contributed by atoms with Crippen LogP contribution in [0.3, 0.4) is 0 Å². The van der Waals surface area contributed by atoms with Gasteiger partial charge in [-0.3, -0.25) is 4.39 Å². The number of allylic oxidation sites excluding steroid dienone is 1. The molecule has 4 aliphatic rings. The lowest BCUT2D eigenvalue weighted by molar-refractivity contribution is -0.0573. The summed E-state index contributed by atoms with van der Waals surface area (Å²) in [5, 5.41) is 10.2. The molecule has 166 valence electrons. The predicted octanol–water partition coefficient (Wildman–Crippen LogP) is 7.34. The van der Waals surface area contributed by atoms with Gasteiger partial charge in [0.25, 0.3) is 0 Å². The minimum absolute atomic E-state index is 0.100. The molecular formula is C27H45FO. The van der Waals surface area contributed by atoms with Crippen molar-refractivity contribution in [1.82, 2.24) is 0 Å². The second kappa shape index (κ2) is 8.29. The lowest BCUT2D eigenvalue weighted by atomic mass is 9.47. The van der Waals surface area contributed by atoms with Crippen molar-refractivity contribution in [2.24, 2.45) is 46.3 Å². The first-order valence-electron chi connectivity index (χ1n) is 12.7. The Labute approximate surface area is 178 Å². The summed E-state index contributed by atoms with van der Waals surface area (Å²) in [6, 6.07) is 0. The molecule has 0 bridgehead atoms. The minimum Gasteiger partial charge on any atom is -0.393 e. The van der Waals surface area contributed by atoms with Crippen molar-refractivity contribution in [3.63, 3.8) is 0 Å². The van der Waals surface area contributed by atoms with E-state index in [1.807, 2.05) is 0 Å². The predicted molar refractivity (Wildman–Crippen MR) is 119 cm³/mol. The SMILES string of the molecule is C[C@@H](CF)CCC[C@@H](C)[C@H]1CC[C@H]2[C@@H]3CC=C4C[C@@H](O)CC[C@]4(C)[C@H]3CC[C@]12C. The Morgan fingerprint density at radius 3 is 2.62 bits per heavy atom. The van der Waals surface area contributed by atoms with E-state index in [0.717, 1.165) is 48.9 Å². The number of hydrogen-bond acceptors (Lipinski definition) is 1. The molecule has 1 N–H and O–H groups in total. The molecule has 0 radical (unpaired) electrons. The van der Waals surface area contributed by atoms with Crippen LogP contribution in [0.15, 0.2) is 11.6 Å². The second-order valence-corrected chi connectivity index (χ2v) is 12.1. The van der Waals surface area contributed by atoms with E-state index in [4.69, 9.17) is 0 Å². The molecule has 3 saturated carbocycles. The summed E-state index contributed by atoms with van der Waals surface area (Å²) in [6.45, 7) is 9.55. The van der Waals surface area contributed by atoms with Crippen molar-refractivity contribution in [2.45, 2.75) is 104 Å². The highest BCUT2D eigenvalue weighted by Crippen LogP contribution is 2.67. The van der Waals surface area contributed by atoms with Crippen LogP contribution in [-0.4, -0.2) is 17.9 Å². The molecule has 4 rings (SSSR count). The second-order valence-electron chi connectivity index (χ2n) is 12.1. The fourth-order valence-electron chi connectivity index (χ4n) is 8.68. The van der Waals surface area contributed by atoms with Crippen molar-refractivity contribution in [3.05, 3.63) is 11.6 Å². The number of rotatable bonds is 6. The van der Waals surface area contributed by atoms with Gasteiger partial charge in [-0.1, -0.05) is 52.2 Å². The van der Waals surface area contributed by atoms with Gasteiger partial charge >= 0.3 is 0 Å². The third-order valence-corrected chi connectivity index (χ3v) is 10.5. The number of halogens is 1. The Hall–Kier alpha value is -0.370. The van der Waals surface area contributed by atoms with E-state index in [9.17, 15) is 9.50 Å². The first-order chi connectivity index (χ1) is 13.8. The van der Waals surface area contributed by atoms with Gasteiger partial charge in [0, 0.05) is 0 Å². The van der Waals surface area contributed by atoms with Gasteiger partial charge in [0.05, 0.1) is 12.8 Å². The fraction of sp³-hybridized carbons (Fsp3) is 0.926. The lowest BCUT2D eigenvalue weighted by Gasteiger charge is -2.58. The van der Waals surface area contributed by atoms with Crippen molar-refractivity contribution in [3.8, 4) is 0 Å². The largest absolute Gasteiger partial charge is 0.393 e. The van der Waals surface area contributed by atoms with Crippen LogP contribution in [0.4, 0.5) is 4.39 Å². The monoisotopic (exact) mass is 404 g/mol. The smallest absolute Gasteiger partial charge is 0.0919 e. The standard InChI is InChI=1S/C27H45FO/c1-18(17-28)6-5-7-19(2)23-10-11-24-22-9-8-20-16-21(29)12-14-26(20,3)25(22)13-15-27(23,24)4/h8,18-19,21-25,29H,5-7,9-17H2,1-4H3/t18-,19-,21+,22+,23-,24+,25+,26+,27-/m1/s1. The molecule has 3 fully saturated rings.